The molecular weight excluding hydrogens is 228 g/mol. The summed E-state index contributed by atoms with van der Waals surface area (Å²) in [5, 5.41) is 0. The molecule has 18 heavy (non-hydrogen) atoms. The van der Waals surface area contributed by atoms with E-state index >= 15 is 0 Å². The van der Waals surface area contributed by atoms with Crippen LogP contribution in [0.1, 0.15) is 16.8 Å². The van der Waals surface area contributed by atoms with Crippen LogP contribution in [-0.2, 0) is 0 Å². The fourth-order valence-electron chi connectivity index (χ4n) is 2.16. The van der Waals surface area contributed by atoms with E-state index in [2.05, 4.69) is 9.88 Å². The second kappa shape index (κ2) is 6.47. The Kier molecular flexibility index (Phi) is 4.66. The fourth-order valence-corrected chi connectivity index (χ4v) is 2.16. The van der Waals surface area contributed by atoms with Crippen molar-refractivity contribution in [2.75, 3.05) is 39.3 Å². The molecule has 0 saturated carbocycles. The number of aromatic nitrogens is 1. The van der Waals surface area contributed by atoms with Crippen LogP contribution in [0.2, 0.25) is 0 Å². The van der Waals surface area contributed by atoms with Crippen molar-refractivity contribution in [1.82, 2.24) is 14.8 Å². The van der Waals surface area contributed by atoms with Crippen LogP contribution in [0.15, 0.2) is 24.5 Å². The predicted octanol–water partition coefficient (Wildman–Crippen LogP) is 0.188. The number of hydrogen-bond acceptors (Lipinski definition) is 4. The number of amides is 1. The van der Waals surface area contributed by atoms with E-state index < -0.39 is 0 Å². The molecule has 0 spiro atoms. The molecule has 2 rings (SSSR count). The van der Waals surface area contributed by atoms with E-state index in [-0.39, 0.29) is 5.91 Å². The van der Waals surface area contributed by atoms with Gasteiger partial charge in [-0.15, -0.1) is 0 Å². The number of nitrogens with two attached hydrogens (primary N) is 1. The smallest absolute Gasteiger partial charge is 0.255 e. The van der Waals surface area contributed by atoms with Crippen LogP contribution in [0, 0.1) is 0 Å². The molecule has 1 saturated heterocycles. The highest BCUT2D eigenvalue weighted by molar-refractivity contribution is 5.93. The van der Waals surface area contributed by atoms with Crippen molar-refractivity contribution in [1.29, 1.82) is 0 Å². The first-order valence-corrected chi connectivity index (χ1v) is 6.43. The summed E-state index contributed by atoms with van der Waals surface area (Å²) >= 11 is 0. The maximum Gasteiger partial charge on any atom is 0.255 e. The molecule has 0 unspecified atom stereocenters. The quantitative estimate of drug-likeness (QED) is 0.826. The maximum atomic E-state index is 12.2. The lowest BCUT2D eigenvalue weighted by molar-refractivity contribution is 0.0636. The van der Waals surface area contributed by atoms with Crippen LogP contribution in [-0.4, -0.2) is 60.0 Å². The van der Waals surface area contributed by atoms with Crippen molar-refractivity contribution >= 4 is 5.91 Å². The van der Waals surface area contributed by atoms with E-state index in [0.29, 0.717) is 5.56 Å². The van der Waals surface area contributed by atoms with Crippen molar-refractivity contribution in [3.8, 4) is 0 Å². The first kappa shape index (κ1) is 13.0. The van der Waals surface area contributed by atoms with Crippen molar-refractivity contribution < 1.29 is 4.79 Å². The van der Waals surface area contributed by atoms with Crippen LogP contribution in [0.25, 0.3) is 0 Å². The normalized spacial score (nSPS) is 16.8. The molecule has 2 N–H and O–H groups in total. The van der Waals surface area contributed by atoms with Gasteiger partial charge in [0, 0.05) is 38.6 Å². The van der Waals surface area contributed by atoms with Crippen molar-refractivity contribution in [2.45, 2.75) is 6.42 Å². The van der Waals surface area contributed by atoms with Gasteiger partial charge < -0.3 is 10.6 Å². The van der Waals surface area contributed by atoms with Gasteiger partial charge in [0.25, 0.3) is 5.91 Å². The Hall–Kier alpha value is -1.46. The Morgan fingerprint density at radius 3 is 2.72 bits per heavy atom. The van der Waals surface area contributed by atoms with Gasteiger partial charge >= 0.3 is 0 Å². The third kappa shape index (κ3) is 3.27. The predicted molar refractivity (Wildman–Crippen MR) is 70.3 cm³/mol. The Morgan fingerprint density at radius 1 is 1.33 bits per heavy atom. The molecule has 0 radical (unpaired) electrons. The highest BCUT2D eigenvalue weighted by atomic mass is 16.2. The molecule has 2 heterocycles. The van der Waals surface area contributed by atoms with Gasteiger partial charge in [0.1, 0.15) is 0 Å². The lowest BCUT2D eigenvalue weighted by Crippen LogP contribution is -2.49. The summed E-state index contributed by atoms with van der Waals surface area (Å²) in [5.74, 6) is 0.0848. The summed E-state index contributed by atoms with van der Waals surface area (Å²) in [6.45, 7) is 5.22. The number of hydrogen-bond donors (Lipinski definition) is 1. The largest absolute Gasteiger partial charge is 0.336 e. The number of pyridine rings is 1. The average molecular weight is 248 g/mol. The maximum absolute atomic E-state index is 12.2. The van der Waals surface area contributed by atoms with Crippen molar-refractivity contribution in [3.63, 3.8) is 0 Å². The van der Waals surface area contributed by atoms with Crippen LogP contribution >= 0.6 is 0 Å². The van der Waals surface area contributed by atoms with E-state index in [4.69, 9.17) is 5.73 Å². The van der Waals surface area contributed by atoms with Crippen LogP contribution < -0.4 is 5.73 Å². The summed E-state index contributed by atoms with van der Waals surface area (Å²) in [5.41, 5.74) is 6.17. The molecular formula is C13H20N4O. The molecule has 0 aliphatic carbocycles. The molecule has 5 nitrogen and oxygen atoms in total. The lowest BCUT2D eigenvalue weighted by Gasteiger charge is -2.34. The number of carbonyl (C=O) groups is 1. The standard InChI is InChI=1S/C13H20N4O/c14-4-2-6-16-7-9-17(10-8-16)13(18)12-3-1-5-15-11-12/h1,3,5,11H,2,4,6-10,14H2. The zero-order valence-corrected chi connectivity index (χ0v) is 10.6. The van der Waals surface area contributed by atoms with Gasteiger partial charge in [-0.25, -0.2) is 0 Å². The SMILES string of the molecule is NCCCN1CCN(C(=O)c2cccnc2)CC1. The van der Waals surface area contributed by atoms with Crippen LogP contribution in [0.4, 0.5) is 0 Å². The molecule has 1 aromatic rings. The van der Waals surface area contributed by atoms with Crippen LogP contribution in [0.5, 0.6) is 0 Å². The van der Waals surface area contributed by atoms with Crippen molar-refractivity contribution in [3.05, 3.63) is 30.1 Å². The minimum atomic E-state index is 0.0848. The van der Waals surface area contributed by atoms with Crippen molar-refractivity contribution in [2.24, 2.45) is 5.73 Å². The van der Waals surface area contributed by atoms with Gasteiger partial charge in [-0.05, 0) is 31.6 Å². The first-order valence-electron chi connectivity index (χ1n) is 6.43. The molecule has 1 aliphatic heterocycles. The van der Waals surface area contributed by atoms with Gasteiger partial charge in [0.2, 0.25) is 0 Å². The fraction of sp³-hybridized carbons (Fsp3) is 0.538. The Balaban J connectivity index is 1.84. The van der Waals surface area contributed by atoms with Gasteiger partial charge in [-0.2, -0.15) is 0 Å². The van der Waals surface area contributed by atoms with E-state index in [1.807, 2.05) is 11.0 Å². The van der Waals surface area contributed by atoms with Gasteiger partial charge in [-0.3, -0.25) is 14.7 Å². The molecule has 1 aliphatic rings. The van der Waals surface area contributed by atoms with Gasteiger partial charge in [0.15, 0.2) is 0 Å². The van der Waals surface area contributed by atoms with E-state index in [1.165, 1.54) is 0 Å². The Bertz CT molecular complexity index is 374. The number of rotatable bonds is 4. The van der Waals surface area contributed by atoms with E-state index in [1.54, 1.807) is 18.5 Å². The first-order chi connectivity index (χ1) is 8.81. The molecule has 0 atom stereocenters. The zero-order valence-electron chi connectivity index (χ0n) is 10.6. The summed E-state index contributed by atoms with van der Waals surface area (Å²) in [6.07, 6.45) is 4.33. The molecule has 0 aromatic carbocycles. The average Bonchev–Trinajstić information content (AvgIpc) is 2.46. The molecule has 0 bridgehead atoms. The topological polar surface area (TPSA) is 62.5 Å². The van der Waals surface area contributed by atoms with Crippen LogP contribution in [0.3, 0.4) is 0 Å². The molecule has 5 heteroatoms. The van der Waals surface area contributed by atoms with Gasteiger partial charge in [0.05, 0.1) is 5.56 Å². The minimum Gasteiger partial charge on any atom is -0.336 e. The lowest BCUT2D eigenvalue weighted by atomic mass is 10.2. The third-order valence-electron chi connectivity index (χ3n) is 3.25. The zero-order chi connectivity index (χ0) is 12.8. The van der Waals surface area contributed by atoms with E-state index in [0.717, 1.165) is 45.7 Å². The number of nitrogens with zero attached hydrogens (tertiary/aromatic N) is 3. The molecule has 1 fully saturated rings. The summed E-state index contributed by atoms with van der Waals surface area (Å²) < 4.78 is 0. The third-order valence-corrected chi connectivity index (χ3v) is 3.25. The van der Waals surface area contributed by atoms with E-state index in [9.17, 15) is 4.79 Å². The monoisotopic (exact) mass is 248 g/mol. The second-order valence-corrected chi connectivity index (χ2v) is 4.52. The second-order valence-electron chi connectivity index (χ2n) is 4.52. The Morgan fingerprint density at radius 2 is 2.11 bits per heavy atom. The molecule has 98 valence electrons. The number of carbonyl (C=O) groups excluding carboxylic acids is 1. The molecule has 1 amide bonds. The summed E-state index contributed by atoms with van der Waals surface area (Å²) in [4.78, 5) is 20.4. The molecule has 1 aromatic heterocycles. The highest BCUT2D eigenvalue weighted by Gasteiger charge is 2.21. The minimum absolute atomic E-state index is 0.0848. The Labute approximate surface area is 108 Å². The number of piperazine rings is 1. The summed E-state index contributed by atoms with van der Waals surface area (Å²) in [6, 6.07) is 3.61. The summed E-state index contributed by atoms with van der Waals surface area (Å²) in [7, 11) is 0. The highest BCUT2D eigenvalue weighted by Crippen LogP contribution is 2.07. The van der Waals surface area contributed by atoms with Gasteiger partial charge in [-0.1, -0.05) is 0 Å².